The zero-order valence-corrected chi connectivity index (χ0v) is 12.5. The van der Waals surface area contributed by atoms with E-state index >= 15 is 0 Å². The molecule has 19 heavy (non-hydrogen) atoms. The number of nitrogens with two attached hydrogens (primary N) is 2. The Morgan fingerprint density at radius 3 is 2.16 bits per heavy atom. The van der Waals surface area contributed by atoms with Gasteiger partial charge in [-0.1, -0.05) is 52.4 Å². The van der Waals surface area contributed by atoms with Crippen molar-refractivity contribution < 1.29 is 10.2 Å². The second kappa shape index (κ2) is 8.20. The lowest BCUT2D eigenvalue weighted by atomic mass is 9.82. The summed E-state index contributed by atoms with van der Waals surface area (Å²) >= 11 is 0. The molecule has 0 aromatic heterocycles. The summed E-state index contributed by atoms with van der Waals surface area (Å²) in [6, 6.07) is -0.773. The van der Waals surface area contributed by atoms with E-state index in [4.69, 9.17) is 11.5 Å². The summed E-state index contributed by atoms with van der Waals surface area (Å²) < 4.78 is 0. The molecule has 1 aliphatic rings. The van der Waals surface area contributed by atoms with Gasteiger partial charge in [-0.3, -0.25) is 0 Å². The molecule has 5 atom stereocenters. The quantitative estimate of drug-likeness (QED) is 0.563. The van der Waals surface area contributed by atoms with Crippen LogP contribution in [-0.2, 0) is 0 Å². The SMILES string of the molecule is CCC(C)[C@H](N)C(O)C(O)[C@@H](N)CC1CCCCC1. The van der Waals surface area contributed by atoms with Crippen molar-refractivity contribution in [3.63, 3.8) is 0 Å². The van der Waals surface area contributed by atoms with E-state index in [1.165, 1.54) is 32.1 Å². The van der Waals surface area contributed by atoms with Gasteiger partial charge >= 0.3 is 0 Å². The van der Waals surface area contributed by atoms with Crippen LogP contribution in [0, 0.1) is 11.8 Å². The first-order valence-corrected chi connectivity index (χ1v) is 7.84. The number of rotatable bonds is 7. The molecule has 0 aromatic carbocycles. The van der Waals surface area contributed by atoms with E-state index in [0.29, 0.717) is 5.92 Å². The molecule has 1 aliphatic carbocycles. The third-order valence-corrected chi connectivity index (χ3v) is 4.81. The minimum Gasteiger partial charge on any atom is -0.389 e. The maximum atomic E-state index is 10.2. The maximum absolute atomic E-state index is 10.2. The van der Waals surface area contributed by atoms with E-state index in [-0.39, 0.29) is 12.0 Å². The summed E-state index contributed by atoms with van der Waals surface area (Å²) in [6.07, 6.45) is 6.11. The largest absolute Gasteiger partial charge is 0.389 e. The van der Waals surface area contributed by atoms with Gasteiger partial charge in [0.15, 0.2) is 0 Å². The molecule has 4 heteroatoms. The second-order valence-corrected chi connectivity index (χ2v) is 6.35. The van der Waals surface area contributed by atoms with Gasteiger partial charge in [-0.2, -0.15) is 0 Å². The molecule has 114 valence electrons. The fourth-order valence-corrected chi connectivity index (χ4v) is 3.04. The Hall–Kier alpha value is -0.160. The maximum Gasteiger partial charge on any atom is 0.0967 e. The minimum atomic E-state index is -0.923. The van der Waals surface area contributed by atoms with Crippen LogP contribution in [0.3, 0.4) is 0 Å². The van der Waals surface area contributed by atoms with Crippen molar-refractivity contribution in [2.24, 2.45) is 23.3 Å². The van der Waals surface area contributed by atoms with E-state index in [9.17, 15) is 10.2 Å². The van der Waals surface area contributed by atoms with Gasteiger partial charge in [0.1, 0.15) is 0 Å². The van der Waals surface area contributed by atoms with Gasteiger partial charge in [-0.25, -0.2) is 0 Å². The van der Waals surface area contributed by atoms with Gasteiger partial charge in [-0.05, 0) is 18.3 Å². The Kier molecular flexibility index (Phi) is 7.29. The third kappa shape index (κ3) is 5.03. The summed E-state index contributed by atoms with van der Waals surface area (Å²) in [5.74, 6) is 0.789. The van der Waals surface area contributed by atoms with E-state index in [2.05, 4.69) is 0 Å². The number of aliphatic hydroxyl groups is 2. The lowest BCUT2D eigenvalue weighted by Crippen LogP contribution is -2.53. The van der Waals surface area contributed by atoms with Crippen LogP contribution < -0.4 is 11.5 Å². The number of aliphatic hydroxyl groups excluding tert-OH is 2. The molecule has 0 bridgehead atoms. The summed E-state index contributed by atoms with van der Waals surface area (Å²) in [4.78, 5) is 0. The topological polar surface area (TPSA) is 92.5 Å². The van der Waals surface area contributed by atoms with Crippen molar-refractivity contribution in [1.29, 1.82) is 0 Å². The average Bonchev–Trinajstić information content (AvgIpc) is 2.44. The van der Waals surface area contributed by atoms with Crippen LogP contribution in [0.25, 0.3) is 0 Å². The van der Waals surface area contributed by atoms with Crippen LogP contribution in [0.1, 0.15) is 58.8 Å². The molecule has 0 saturated heterocycles. The zero-order chi connectivity index (χ0) is 14.4. The molecule has 0 spiro atoms. The molecule has 3 unspecified atom stereocenters. The van der Waals surface area contributed by atoms with Crippen LogP contribution in [0.5, 0.6) is 0 Å². The van der Waals surface area contributed by atoms with Crippen LogP contribution in [0.4, 0.5) is 0 Å². The average molecular weight is 272 g/mol. The lowest BCUT2D eigenvalue weighted by Gasteiger charge is -2.33. The third-order valence-electron chi connectivity index (χ3n) is 4.81. The highest BCUT2D eigenvalue weighted by Gasteiger charge is 2.32. The Balaban J connectivity index is 2.43. The van der Waals surface area contributed by atoms with Crippen molar-refractivity contribution in [2.45, 2.75) is 83.1 Å². The van der Waals surface area contributed by atoms with Crippen LogP contribution in [-0.4, -0.2) is 34.5 Å². The standard InChI is InChI=1S/C15H32N2O2/c1-3-10(2)13(17)15(19)14(18)12(16)9-11-7-5-4-6-8-11/h10-15,18-19H,3-9,16-17H2,1-2H3/t10?,12-,13-,14?,15?/m0/s1. The molecule has 0 aliphatic heterocycles. The molecule has 1 saturated carbocycles. The molecular weight excluding hydrogens is 240 g/mol. The Morgan fingerprint density at radius 1 is 1.05 bits per heavy atom. The van der Waals surface area contributed by atoms with Gasteiger partial charge in [0.25, 0.3) is 0 Å². The molecule has 0 amide bonds. The van der Waals surface area contributed by atoms with Crippen LogP contribution in [0.2, 0.25) is 0 Å². The van der Waals surface area contributed by atoms with Crippen molar-refractivity contribution in [1.82, 2.24) is 0 Å². The van der Waals surface area contributed by atoms with Gasteiger partial charge in [-0.15, -0.1) is 0 Å². The summed E-state index contributed by atoms with van der Waals surface area (Å²) in [6.45, 7) is 4.03. The Morgan fingerprint density at radius 2 is 1.63 bits per heavy atom. The first kappa shape index (κ1) is 16.9. The highest BCUT2D eigenvalue weighted by atomic mass is 16.3. The molecule has 0 aromatic rings. The summed E-state index contributed by atoms with van der Waals surface area (Å²) in [5, 5.41) is 20.3. The van der Waals surface area contributed by atoms with E-state index < -0.39 is 18.2 Å². The molecule has 0 heterocycles. The fraction of sp³-hybridized carbons (Fsp3) is 1.00. The van der Waals surface area contributed by atoms with Crippen molar-refractivity contribution in [3.8, 4) is 0 Å². The summed E-state index contributed by atoms with van der Waals surface area (Å²) in [7, 11) is 0. The first-order valence-electron chi connectivity index (χ1n) is 7.84. The first-order chi connectivity index (χ1) is 8.97. The Bertz CT molecular complexity index is 244. The van der Waals surface area contributed by atoms with Crippen molar-refractivity contribution in [3.05, 3.63) is 0 Å². The lowest BCUT2D eigenvalue weighted by molar-refractivity contribution is -0.0242. The predicted octanol–water partition coefficient (Wildman–Crippen LogP) is 1.38. The fourth-order valence-electron chi connectivity index (χ4n) is 3.04. The normalized spacial score (nSPS) is 25.6. The zero-order valence-electron chi connectivity index (χ0n) is 12.5. The van der Waals surface area contributed by atoms with Crippen LogP contribution >= 0.6 is 0 Å². The number of hydrogen-bond acceptors (Lipinski definition) is 4. The molecule has 6 N–H and O–H groups in total. The van der Waals surface area contributed by atoms with E-state index in [1.807, 2.05) is 13.8 Å². The van der Waals surface area contributed by atoms with E-state index in [0.717, 1.165) is 12.8 Å². The van der Waals surface area contributed by atoms with Gasteiger partial charge in [0.2, 0.25) is 0 Å². The van der Waals surface area contributed by atoms with Crippen LogP contribution in [0.15, 0.2) is 0 Å². The molecule has 0 radical (unpaired) electrons. The predicted molar refractivity (Wildman–Crippen MR) is 78.6 cm³/mol. The van der Waals surface area contributed by atoms with Crippen molar-refractivity contribution >= 4 is 0 Å². The second-order valence-electron chi connectivity index (χ2n) is 6.35. The number of hydrogen-bond donors (Lipinski definition) is 4. The smallest absolute Gasteiger partial charge is 0.0967 e. The molecular formula is C15H32N2O2. The molecule has 1 fully saturated rings. The van der Waals surface area contributed by atoms with Gasteiger partial charge < -0.3 is 21.7 Å². The van der Waals surface area contributed by atoms with Crippen molar-refractivity contribution in [2.75, 3.05) is 0 Å². The highest BCUT2D eigenvalue weighted by molar-refractivity contribution is 4.88. The summed E-state index contributed by atoms with van der Waals surface area (Å²) in [5.41, 5.74) is 12.0. The Labute approximate surface area is 117 Å². The highest BCUT2D eigenvalue weighted by Crippen LogP contribution is 2.28. The van der Waals surface area contributed by atoms with E-state index in [1.54, 1.807) is 0 Å². The molecule has 1 rings (SSSR count). The minimum absolute atomic E-state index is 0.187. The monoisotopic (exact) mass is 272 g/mol. The molecule has 4 nitrogen and oxygen atoms in total. The van der Waals surface area contributed by atoms with Gasteiger partial charge in [0.05, 0.1) is 12.2 Å². The van der Waals surface area contributed by atoms with Gasteiger partial charge in [0, 0.05) is 12.1 Å².